The van der Waals surface area contributed by atoms with Gasteiger partial charge in [0.15, 0.2) is 0 Å². The summed E-state index contributed by atoms with van der Waals surface area (Å²) in [6.45, 7) is 1.97. The quantitative estimate of drug-likeness (QED) is 0.735. The van der Waals surface area contributed by atoms with E-state index in [1.54, 1.807) is 7.11 Å². The molecule has 0 aliphatic heterocycles. The highest BCUT2D eigenvalue weighted by atomic mass is 16.5. The van der Waals surface area contributed by atoms with Crippen molar-refractivity contribution in [2.45, 2.75) is 32.1 Å². The first kappa shape index (κ1) is 11.8. The molecule has 2 rings (SSSR count). The maximum absolute atomic E-state index is 11.4. The number of hydrogen-bond acceptors (Lipinski definition) is 3. The Hall–Kier alpha value is -1.64. The lowest BCUT2D eigenvalue weighted by atomic mass is 9.82. The first-order valence-corrected chi connectivity index (χ1v) is 5.78. The van der Waals surface area contributed by atoms with E-state index in [1.165, 1.54) is 0 Å². The zero-order chi connectivity index (χ0) is 12.4. The average Bonchev–Trinajstić information content (AvgIpc) is 2.27. The fraction of sp³-hybridized carbons (Fsp3) is 0.429. The normalized spacial score (nSPS) is 17.3. The zero-order valence-electron chi connectivity index (χ0n) is 10.2. The average molecular weight is 232 g/mol. The Morgan fingerprint density at radius 2 is 1.82 bits per heavy atom. The Bertz CT molecular complexity index is 447. The summed E-state index contributed by atoms with van der Waals surface area (Å²) < 4.78 is 5.20. The van der Waals surface area contributed by atoms with E-state index in [4.69, 9.17) is 4.74 Å². The molecule has 0 unspecified atom stereocenters. The van der Waals surface area contributed by atoms with Crippen LogP contribution in [0.4, 0.5) is 0 Å². The Kier molecular flexibility index (Phi) is 3.27. The second-order valence-corrected chi connectivity index (χ2v) is 4.59. The summed E-state index contributed by atoms with van der Waals surface area (Å²) in [6, 6.07) is 5.85. The van der Waals surface area contributed by atoms with Gasteiger partial charge in [-0.1, -0.05) is 12.1 Å². The Morgan fingerprint density at radius 1 is 1.18 bits per heavy atom. The second-order valence-electron chi connectivity index (χ2n) is 4.59. The second kappa shape index (κ2) is 4.70. The number of methoxy groups -OCH3 is 1. The van der Waals surface area contributed by atoms with Crippen LogP contribution in [-0.2, 0) is 9.59 Å². The van der Waals surface area contributed by atoms with Crippen LogP contribution >= 0.6 is 0 Å². The molecule has 1 aliphatic carbocycles. The molecule has 0 N–H and O–H groups in total. The fourth-order valence-electron chi connectivity index (χ4n) is 2.38. The summed E-state index contributed by atoms with van der Waals surface area (Å²) in [4.78, 5) is 22.8. The molecule has 0 atom stereocenters. The minimum atomic E-state index is 0.0494. The summed E-state index contributed by atoms with van der Waals surface area (Å²) in [5, 5.41) is 0. The molecular weight excluding hydrogens is 216 g/mol. The standard InChI is InChI=1S/C14H16O3/c1-9-5-10(3-4-14(9)17-2)11-6-12(15)8-13(16)7-11/h3-5,11H,6-8H2,1-2H3. The monoisotopic (exact) mass is 232 g/mol. The highest BCUT2D eigenvalue weighted by Gasteiger charge is 2.26. The van der Waals surface area contributed by atoms with E-state index in [-0.39, 0.29) is 23.9 Å². The van der Waals surface area contributed by atoms with Gasteiger partial charge in [0.05, 0.1) is 13.5 Å². The number of Topliss-reactive ketones (excluding diaryl/α,β-unsaturated/α-hetero) is 2. The summed E-state index contributed by atoms with van der Waals surface area (Å²) in [5.41, 5.74) is 2.10. The van der Waals surface area contributed by atoms with E-state index in [0.29, 0.717) is 12.8 Å². The van der Waals surface area contributed by atoms with Crippen LogP contribution in [0.15, 0.2) is 18.2 Å². The summed E-state index contributed by atoms with van der Waals surface area (Å²) in [5.74, 6) is 0.995. The molecule has 17 heavy (non-hydrogen) atoms. The molecule has 3 nitrogen and oxygen atoms in total. The number of ketones is 2. The lowest BCUT2D eigenvalue weighted by molar-refractivity contribution is -0.130. The third-order valence-corrected chi connectivity index (χ3v) is 3.23. The van der Waals surface area contributed by atoms with Gasteiger partial charge in [-0.05, 0) is 30.0 Å². The highest BCUT2D eigenvalue weighted by molar-refractivity contribution is 6.02. The molecule has 0 saturated heterocycles. The van der Waals surface area contributed by atoms with Crippen molar-refractivity contribution < 1.29 is 14.3 Å². The molecular formula is C14H16O3. The molecule has 0 radical (unpaired) electrons. The summed E-state index contributed by atoms with van der Waals surface area (Å²) in [7, 11) is 1.63. The van der Waals surface area contributed by atoms with Gasteiger partial charge < -0.3 is 4.74 Å². The lowest BCUT2D eigenvalue weighted by Crippen LogP contribution is -2.21. The fourth-order valence-corrected chi connectivity index (χ4v) is 2.38. The SMILES string of the molecule is COc1ccc(C2CC(=O)CC(=O)C2)cc1C. The van der Waals surface area contributed by atoms with Gasteiger partial charge in [-0.25, -0.2) is 0 Å². The van der Waals surface area contributed by atoms with Gasteiger partial charge in [0.2, 0.25) is 0 Å². The van der Waals surface area contributed by atoms with E-state index in [0.717, 1.165) is 16.9 Å². The van der Waals surface area contributed by atoms with Crippen LogP contribution in [0.25, 0.3) is 0 Å². The molecule has 0 bridgehead atoms. The first-order chi connectivity index (χ1) is 8.10. The van der Waals surface area contributed by atoms with Crippen LogP contribution in [0.2, 0.25) is 0 Å². The molecule has 1 aromatic carbocycles. The van der Waals surface area contributed by atoms with Gasteiger partial charge in [-0.3, -0.25) is 9.59 Å². The van der Waals surface area contributed by atoms with E-state index in [1.807, 2.05) is 25.1 Å². The molecule has 90 valence electrons. The van der Waals surface area contributed by atoms with Crippen LogP contribution in [-0.4, -0.2) is 18.7 Å². The minimum Gasteiger partial charge on any atom is -0.496 e. The van der Waals surface area contributed by atoms with Gasteiger partial charge in [0.1, 0.15) is 17.3 Å². The van der Waals surface area contributed by atoms with Gasteiger partial charge in [-0.2, -0.15) is 0 Å². The molecule has 0 heterocycles. The van der Waals surface area contributed by atoms with Gasteiger partial charge in [0.25, 0.3) is 0 Å². The van der Waals surface area contributed by atoms with Crippen molar-refractivity contribution in [3.63, 3.8) is 0 Å². The van der Waals surface area contributed by atoms with Crippen LogP contribution in [0.5, 0.6) is 5.75 Å². The van der Waals surface area contributed by atoms with Crippen molar-refractivity contribution in [1.82, 2.24) is 0 Å². The number of aryl methyl sites for hydroxylation is 1. The van der Waals surface area contributed by atoms with Crippen LogP contribution < -0.4 is 4.74 Å². The van der Waals surface area contributed by atoms with Crippen molar-refractivity contribution in [3.05, 3.63) is 29.3 Å². The third-order valence-electron chi connectivity index (χ3n) is 3.23. The first-order valence-electron chi connectivity index (χ1n) is 5.78. The number of rotatable bonds is 2. The van der Waals surface area contributed by atoms with Gasteiger partial charge in [0, 0.05) is 12.8 Å². The van der Waals surface area contributed by atoms with Gasteiger partial charge in [-0.15, -0.1) is 0 Å². The smallest absolute Gasteiger partial charge is 0.140 e. The van der Waals surface area contributed by atoms with Crippen molar-refractivity contribution in [3.8, 4) is 5.75 Å². The molecule has 1 aromatic rings. The van der Waals surface area contributed by atoms with Crippen molar-refractivity contribution in [2.24, 2.45) is 0 Å². The Balaban J connectivity index is 2.25. The van der Waals surface area contributed by atoms with E-state index >= 15 is 0 Å². The van der Waals surface area contributed by atoms with Crippen molar-refractivity contribution in [2.75, 3.05) is 7.11 Å². The molecule has 1 aliphatic rings. The summed E-state index contributed by atoms with van der Waals surface area (Å²) in [6.07, 6.45) is 1.08. The molecule has 1 saturated carbocycles. The van der Waals surface area contributed by atoms with E-state index < -0.39 is 0 Å². The van der Waals surface area contributed by atoms with Crippen LogP contribution in [0, 0.1) is 6.92 Å². The molecule has 0 aromatic heterocycles. The number of carbonyl (C=O) groups excluding carboxylic acids is 2. The summed E-state index contributed by atoms with van der Waals surface area (Å²) >= 11 is 0. The minimum absolute atomic E-state index is 0.0494. The maximum atomic E-state index is 11.4. The largest absolute Gasteiger partial charge is 0.496 e. The lowest BCUT2D eigenvalue weighted by Gasteiger charge is -2.21. The number of carbonyl (C=O) groups is 2. The van der Waals surface area contributed by atoms with Crippen LogP contribution in [0.1, 0.15) is 36.3 Å². The number of ether oxygens (including phenoxy) is 1. The van der Waals surface area contributed by atoms with Crippen molar-refractivity contribution >= 4 is 11.6 Å². The molecule has 0 spiro atoms. The predicted octanol–water partition coefficient (Wildman–Crippen LogP) is 2.41. The maximum Gasteiger partial charge on any atom is 0.140 e. The number of hydrogen-bond donors (Lipinski definition) is 0. The van der Waals surface area contributed by atoms with Gasteiger partial charge >= 0.3 is 0 Å². The zero-order valence-corrected chi connectivity index (χ0v) is 10.2. The molecule has 1 fully saturated rings. The van der Waals surface area contributed by atoms with E-state index in [2.05, 4.69) is 0 Å². The topological polar surface area (TPSA) is 43.4 Å². The Morgan fingerprint density at radius 3 is 2.35 bits per heavy atom. The highest BCUT2D eigenvalue weighted by Crippen LogP contribution is 2.31. The number of benzene rings is 1. The third kappa shape index (κ3) is 2.54. The molecule has 3 heteroatoms. The van der Waals surface area contributed by atoms with Crippen molar-refractivity contribution in [1.29, 1.82) is 0 Å². The molecule has 0 amide bonds. The van der Waals surface area contributed by atoms with E-state index in [9.17, 15) is 9.59 Å². The Labute approximate surface area is 101 Å². The van der Waals surface area contributed by atoms with Crippen LogP contribution in [0.3, 0.4) is 0 Å². The predicted molar refractivity (Wildman–Crippen MR) is 64.3 cm³/mol.